The molecular formula is C20H26N3O4P. The first-order chi connectivity index (χ1) is 13.1. The van der Waals surface area contributed by atoms with Gasteiger partial charge in [0.15, 0.2) is 7.14 Å². The van der Waals surface area contributed by atoms with Crippen LogP contribution in [-0.4, -0.2) is 50.8 Å². The molecule has 1 unspecified atom stereocenters. The van der Waals surface area contributed by atoms with Gasteiger partial charge in [-0.3, -0.25) is 9.59 Å². The van der Waals surface area contributed by atoms with Gasteiger partial charge < -0.3 is 25.2 Å². The zero-order valence-corrected chi connectivity index (χ0v) is 17.4. The number of carbonyl (C=O) groups is 2. The van der Waals surface area contributed by atoms with Crippen molar-refractivity contribution in [3.05, 3.63) is 48.5 Å². The van der Waals surface area contributed by atoms with Gasteiger partial charge in [0, 0.05) is 50.2 Å². The maximum absolute atomic E-state index is 14.3. The van der Waals surface area contributed by atoms with Crippen LogP contribution in [0, 0.1) is 0 Å². The zero-order chi connectivity index (χ0) is 21.1. The molecule has 8 heteroatoms. The van der Waals surface area contributed by atoms with E-state index in [0.717, 1.165) is 11.4 Å². The summed E-state index contributed by atoms with van der Waals surface area (Å²) in [6.45, 7) is 0. The number of rotatable bonds is 8. The van der Waals surface area contributed by atoms with Crippen LogP contribution in [0.4, 0.5) is 11.4 Å². The Morgan fingerprint density at radius 1 is 0.893 bits per heavy atom. The van der Waals surface area contributed by atoms with E-state index in [1.54, 1.807) is 48.5 Å². The van der Waals surface area contributed by atoms with Gasteiger partial charge in [-0.2, -0.15) is 0 Å². The van der Waals surface area contributed by atoms with E-state index in [0.29, 0.717) is 10.6 Å². The molecule has 0 spiro atoms. The molecule has 3 N–H and O–H groups in total. The normalized spacial score (nSPS) is 12.3. The van der Waals surface area contributed by atoms with Crippen molar-refractivity contribution in [1.29, 1.82) is 0 Å². The first-order valence-electron chi connectivity index (χ1n) is 8.74. The molecule has 0 aromatic heterocycles. The lowest BCUT2D eigenvalue weighted by molar-refractivity contribution is -0.138. The van der Waals surface area contributed by atoms with Gasteiger partial charge in [0.05, 0.1) is 6.42 Å². The van der Waals surface area contributed by atoms with E-state index in [2.05, 4.69) is 0 Å². The monoisotopic (exact) mass is 403 g/mol. The van der Waals surface area contributed by atoms with Gasteiger partial charge >= 0.3 is 5.97 Å². The molecule has 0 bridgehead atoms. The summed E-state index contributed by atoms with van der Waals surface area (Å²) in [5.41, 5.74) is 5.97. The van der Waals surface area contributed by atoms with Crippen LogP contribution in [0.3, 0.4) is 0 Å². The minimum Gasteiger partial charge on any atom is -0.481 e. The van der Waals surface area contributed by atoms with Crippen LogP contribution in [-0.2, 0) is 14.2 Å². The van der Waals surface area contributed by atoms with Gasteiger partial charge in [0.2, 0.25) is 5.91 Å². The Labute approximate surface area is 165 Å². The van der Waals surface area contributed by atoms with Crippen molar-refractivity contribution in [3.63, 3.8) is 0 Å². The van der Waals surface area contributed by atoms with E-state index < -0.39 is 31.1 Å². The van der Waals surface area contributed by atoms with Crippen LogP contribution < -0.4 is 26.1 Å². The van der Waals surface area contributed by atoms with E-state index >= 15 is 0 Å². The van der Waals surface area contributed by atoms with Crippen molar-refractivity contribution in [2.45, 2.75) is 12.1 Å². The standard InChI is InChI=1S/C20H26N3O4P/c1-22(2)14-5-9-16(10-6-14)28(27,18(20(21)26)13-19(24)25)17-11-7-15(8-12-17)23(3)4/h5-12,18H,13H2,1-4H3,(H2,21,26)(H,24,25). The second-order valence-corrected chi connectivity index (χ2v) is 9.97. The lowest BCUT2D eigenvalue weighted by Crippen LogP contribution is -2.37. The molecule has 150 valence electrons. The molecule has 7 nitrogen and oxygen atoms in total. The second kappa shape index (κ2) is 8.48. The van der Waals surface area contributed by atoms with Gasteiger partial charge in [-0.1, -0.05) is 0 Å². The Balaban J connectivity index is 2.67. The summed E-state index contributed by atoms with van der Waals surface area (Å²) in [6, 6.07) is 13.8. The van der Waals surface area contributed by atoms with Gasteiger partial charge in [-0.25, -0.2) is 0 Å². The van der Waals surface area contributed by atoms with Crippen LogP contribution in [0.25, 0.3) is 0 Å². The fourth-order valence-corrected chi connectivity index (χ4v) is 6.00. The molecule has 2 aromatic rings. The maximum Gasteiger partial charge on any atom is 0.304 e. The smallest absolute Gasteiger partial charge is 0.304 e. The summed E-state index contributed by atoms with van der Waals surface area (Å²) < 4.78 is 14.3. The fourth-order valence-electron chi connectivity index (χ4n) is 3.03. The quantitative estimate of drug-likeness (QED) is 0.647. The number of primary amides is 1. The number of carboxylic acid groups (broad SMARTS) is 1. The lowest BCUT2D eigenvalue weighted by Gasteiger charge is -2.26. The first kappa shape index (κ1) is 21.5. The van der Waals surface area contributed by atoms with Crippen LogP contribution in [0.2, 0.25) is 0 Å². The highest BCUT2D eigenvalue weighted by atomic mass is 31.2. The molecule has 1 amide bonds. The molecular weight excluding hydrogens is 377 g/mol. The summed E-state index contributed by atoms with van der Waals surface area (Å²) in [5.74, 6) is -2.11. The Kier molecular flexibility index (Phi) is 6.52. The number of carboxylic acids is 1. The molecule has 0 saturated heterocycles. The number of amides is 1. The van der Waals surface area contributed by atoms with Crippen LogP contribution in [0.5, 0.6) is 0 Å². The Bertz CT molecular complexity index is 837. The van der Waals surface area contributed by atoms with Gasteiger partial charge in [0.1, 0.15) is 5.66 Å². The van der Waals surface area contributed by atoms with Crippen LogP contribution in [0.1, 0.15) is 6.42 Å². The third kappa shape index (κ3) is 4.37. The third-order valence-corrected chi connectivity index (χ3v) is 8.08. The number of hydrogen-bond acceptors (Lipinski definition) is 5. The maximum atomic E-state index is 14.3. The van der Waals surface area contributed by atoms with E-state index in [-0.39, 0.29) is 0 Å². The van der Waals surface area contributed by atoms with E-state index in [1.165, 1.54) is 0 Å². The SMILES string of the molecule is CN(C)c1ccc(P(=O)(c2ccc(N(C)C)cc2)C(CC(=O)O)C(N)=O)cc1. The predicted octanol–water partition coefficient (Wildman–Crippen LogP) is 1.46. The summed E-state index contributed by atoms with van der Waals surface area (Å²) >= 11 is 0. The van der Waals surface area contributed by atoms with Crippen molar-refractivity contribution in [1.82, 2.24) is 0 Å². The first-order valence-corrected chi connectivity index (χ1v) is 10.5. The average Bonchev–Trinajstić information content (AvgIpc) is 2.65. The van der Waals surface area contributed by atoms with E-state index in [9.17, 15) is 19.3 Å². The Morgan fingerprint density at radius 3 is 1.50 bits per heavy atom. The molecule has 0 heterocycles. The van der Waals surface area contributed by atoms with E-state index in [4.69, 9.17) is 5.73 Å². The summed E-state index contributed by atoms with van der Waals surface area (Å²) in [6.07, 6.45) is -0.600. The summed E-state index contributed by atoms with van der Waals surface area (Å²) in [4.78, 5) is 27.3. The van der Waals surface area contributed by atoms with Crippen LogP contribution >= 0.6 is 7.14 Å². The molecule has 0 fully saturated rings. The molecule has 2 rings (SSSR count). The Hall–Kier alpha value is -2.79. The highest BCUT2D eigenvalue weighted by molar-refractivity contribution is 7.80. The van der Waals surface area contributed by atoms with Crippen molar-refractivity contribution >= 4 is 41.0 Å². The minimum absolute atomic E-state index is 0.403. The average molecular weight is 403 g/mol. The Morgan fingerprint density at radius 2 is 1.25 bits per heavy atom. The topological polar surface area (TPSA) is 104 Å². The third-order valence-electron chi connectivity index (χ3n) is 4.63. The second-order valence-electron chi connectivity index (χ2n) is 7.00. The van der Waals surface area contributed by atoms with Crippen molar-refractivity contribution in [2.75, 3.05) is 38.0 Å². The molecule has 2 aromatic carbocycles. The minimum atomic E-state index is -3.64. The number of anilines is 2. The number of nitrogens with two attached hydrogens (primary N) is 1. The molecule has 28 heavy (non-hydrogen) atoms. The molecule has 0 saturated carbocycles. The molecule has 1 atom stereocenters. The summed E-state index contributed by atoms with van der Waals surface area (Å²) in [7, 11) is 3.88. The zero-order valence-electron chi connectivity index (χ0n) is 16.5. The number of hydrogen-bond donors (Lipinski definition) is 2. The van der Waals surface area contributed by atoms with Crippen molar-refractivity contribution in [3.8, 4) is 0 Å². The van der Waals surface area contributed by atoms with Crippen LogP contribution in [0.15, 0.2) is 48.5 Å². The van der Waals surface area contributed by atoms with Gasteiger partial charge in [0.25, 0.3) is 0 Å². The predicted molar refractivity (Wildman–Crippen MR) is 114 cm³/mol. The number of aliphatic carboxylic acids is 1. The number of nitrogens with zero attached hydrogens (tertiary/aromatic N) is 2. The highest BCUT2D eigenvalue weighted by Gasteiger charge is 2.41. The van der Waals surface area contributed by atoms with Gasteiger partial charge in [-0.05, 0) is 48.5 Å². The van der Waals surface area contributed by atoms with Crippen molar-refractivity contribution in [2.24, 2.45) is 5.73 Å². The molecule has 0 aliphatic carbocycles. The summed E-state index contributed by atoms with van der Waals surface area (Å²) in [5, 5.41) is 10.1. The van der Waals surface area contributed by atoms with E-state index in [1.807, 2.05) is 38.0 Å². The largest absolute Gasteiger partial charge is 0.481 e. The van der Waals surface area contributed by atoms with Gasteiger partial charge in [-0.15, -0.1) is 0 Å². The number of carbonyl (C=O) groups excluding carboxylic acids is 1. The van der Waals surface area contributed by atoms with Crippen molar-refractivity contribution < 1.29 is 19.3 Å². The number of benzene rings is 2. The fraction of sp³-hybridized carbons (Fsp3) is 0.300. The molecule has 0 radical (unpaired) electrons. The highest BCUT2D eigenvalue weighted by Crippen LogP contribution is 2.50. The molecule has 0 aliphatic heterocycles. The lowest BCUT2D eigenvalue weighted by atomic mass is 10.3. The molecule has 0 aliphatic rings.